The topological polar surface area (TPSA) is 80.7 Å². The van der Waals surface area contributed by atoms with Crippen LogP contribution in [0.4, 0.5) is 5.69 Å². The molecule has 0 amide bonds. The van der Waals surface area contributed by atoms with E-state index in [0.29, 0.717) is 18.0 Å². The number of methoxy groups -OCH3 is 2. The number of pyridine rings is 1. The molecule has 0 spiro atoms. The molecule has 0 radical (unpaired) electrons. The monoisotopic (exact) mass is 288 g/mol. The Morgan fingerprint density at radius 2 is 1.95 bits per heavy atom. The molecule has 0 aliphatic carbocycles. The highest BCUT2D eigenvalue weighted by Gasteiger charge is 2.05. The van der Waals surface area contributed by atoms with Gasteiger partial charge >= 0.3 is 5.97 Å². The van der Waals surface area contributed by atoms with E-state index < -0.39 is 5.97 Å². The van der Waals surface area contributed by atoms with Gasteiger partial charge in [-0.3, -0.25) is 4.98 Å². The van der Waals surface area contributed by atoms with Crippen molar-refractivity contribution in [2.24, 2.45) is 0 Å². The molecule has 0 unspecified atom stereocenters. The average molecular weight is 288 g/mol. The van der Waals surface area contributed by atoms with Crippen LogP contribution in [0.25, 0.3) is 0 Å². The van der Waals surface area contributed by atoms with Crippen molar-refractivity contribution in [3.8, 4) is 11.5 Å². The van der Waals surface area contributed by atoms with Crippen molar-refractivity contribution in [1.29, 1.82) is 0 Å². The van der Waals surface area contributed by atoms with Crippen LogP contribution < -0.4 is 14.8 Å². The first-order chi connectivity index (χ1) is 10.1. The highest BCUT2D eigenvalue weighted by atomic mass is 16.5. The summed E-state index contributed by atoms with van der Waals surface area (Å²) in [6.07, 6.45) is 1.34. The Hall–Kier alpha value is -2.76. The highest BCUT2D eigenvalue weighted by Crippen LogP contribution is 2.29. The number of aromatic nitrogens is 1. The van der Waals surface area contributed by atoms with Gasteiger partial charge in [-0.1, -0.05) is 0 Å². The molecular formula is C15H16N2O4. The summed E-state index contributed by atoms with van der Waals surface area (Å²) in [5.41, 5.74) is 1.77. The Balaban J connectivity index is 2.04. The lowest BCUT2D eigenvalue weighted by molar-refractivity contribution is 0.0696. The first kappa shape index (κ1) is 14.6. The molecule has 0 saturated heterocycles. The number of anilines is 1. The Bertz CT molecular complexity index is 626. The van der Waals surface area contributed by atoms with E-state index in [0.717, 1.165) is 11.4 Å². The number of carboxylic acid groups (broad SMARTS) is 1. The van der Waals surface area contributed by atoms with Gasteiger partial charge < -0.3 is 19.9 Å². The van der Waals surface area contributed by atoms with Gasteiger partial charge in [-0.25, -0.2) is 4.79 Å². The molecule has 0 bridgehead atoms. The van der Waals surface area contributed by atoms with Crippen molar-refractivity contribution in [2.45, 2.75) is 6.54 Å². The van der Waals surface area contributed by atoms with Gasteiger partial charge in [0.15, 0.2) is 11.5 Å². The van der Waals surface area contributed by atoms with Crippen LogP contribution in [0.15, 0.2) is 36.5 Å². The quantitative estimate of drug-likeness (QED) is 0.849. The van der Waals surface area contributed by atoms with Crippen molar-refractivity contribution in [3.05, 3.63) is 47.8 Å². The first-order valence-corrected chi connectivity index (χ1v) is 6.28. The van der Waals surface area contributed by atoms with E-state index >= 15 is 0 Å². The standard InChI is InChI=1S/C15H16N2O4/c1-20-13-6-5-11(7-14(13)21-2)17-9-12-4-3-10(8-16-12)15(18)19/h3-8,17H,9H2,1-2H3,(H,18,19). The number of hydrogen-bond acceptors (Lipinski definition) is 5. The summed E-state index contributed by atoms with van der Waals surface area (Å²) in [4.78, 5) is 14.8. The molecule has 1 aromatic carbocycles. The maximum absolute atomic E-state index is 10.7. The minimum atomic E-state index is -0.984. The fourth-order valence-electron chi connectivity index (χ4n) is 1.79. The van der Waals surface area contributed by atoms with Crippen molar-refractivity contribution in [1.82, 2.24) is 4.98 Å². The van der Waals surface area contributed by atoms with E-state index in [-0.39, 0.29) is 5.56 Å². The lowest BCUT2D eigenvalue weighted by atomic mass is 10.2. The minimum Gasteiger partial charge on any atom is -0.493 e. The van der Waals surface area contributed by atoms with Gasteiger partial charge in [0, 0.05) is 18.0 Å². The van der Waals surface area contributed by atoms with Crippen LogP contribution in [0.1, 0.15) is 16.1 Å². The molecule has 6 heteroatoms. The Morgan fingerprint density at radius 3 is 2.52 bits per heavy atom. The van der Waals surface area contributed by atoms with Crippen LogP contribution in [-0.2, 0) is 6.54 Å². The third kappa shape index (κ3) is 3.62. The maximum atomic E-state index is 10.7. The number of ether oxygens (including phenoxy) is 2. The second-order valence-electron chi connectivity index (χ2n) is 4.27. The second-order valence-corrected chi connectivity index (χ2v) is 4.27. The van der Waals surface area contributed by atoms with Gasteiger partial charge in [0.2, 0.25) is 0 Å². The average Bonchev–Trinajstić information content (AvgIpc) is 2.52. The van der Waals surface area contributed by atoms with Crippen LogP contribution >= 0.6 is 0 Å². The summed E-state index contributed by atoms with van der Waals surface area (Å²) >= 11 is 0. The molecule has 0 fully saturated rings. The van der Waals surface area contributed by atoms with Crippen LogP contribution in [0, 0.1) is 0 Å². The summed E-state index contributed by atoms with van der Waals surface area (Å²) < 4.78 is 10.4. The van der Waals surface area contributed by atoms with Gasteiger partial charge in [-0.15, -0.1) is 0 Å². The van der Waals surface area contributed by atoms with Gasteiger partial charge in [0.05, 0.1) is 32.0 Å². The first-order valence-electron chi connectivity index (χ1n) is 6.28. The summed E-state index contributed by atoms with van der Waals surface area (Å²) in [5, 5.41) is 12.0. The van der Waals surface area contributed by atoms with E-state index in [1.54, 1.807) is 20.3 Å². The number of nitrogens with zero attached hydrogens (tertiary/aromatic N) is 1. The molecule has 2 aromatic rings. The molecule has 0 aliphatic heterocycles. The number of carboxylic acids is 1. The fraction of sp³-hybridized carbons (Fsp3) is 0.200. The van der Waals surface area contributed by atoms with Gasteiger partial charge in [-0.05, 0) is 24.3 Å². The summed E-state index contributed by atoms with van der Waals surface area (Å²) in [6.45, 7) is 0.482. The SMILES string of the molecule is COc1ccc(NCc2ccc(C(=O)O)cn2)cc1OC. The Kier molecular flexibility index (Phi) is 4.61. The van der Waals surface area contributed by atoms with Gasteiger partial charge in [0.25, 0.3) is 0 Å². The zero-order valence-corrected chi connectivity index (χ0v) is 11.8. The molecule has 1 heterocycles. The zero-order chi connectivity index (χ0) is 15.2. The molecule has 2 N–H and O–H groups in total. The molecule has 6 nitrogen and oxygen atoms in total. The van der Waals surface area contributed by atoms with E-state index in [9.17, 15) is 4.79 Å². The number of nitrogens with one attached hydrogen (secondary N) is 1. The van der Waals surface area contributed by atoms with Crippen LogP contribution in [0.2, 0.25) is 0 Å². The van der Waals surface area contributed by atoms with E-state index in [1.165, 1.54) is 12.3 Å². The molecule has 0 aliphatic rings. The van der Waals surface area contributed by atoms with Crippen molar-refractivity contribution in [3.63, 3.8) is 0 Å². The molecule has 0 atom stereocenters. The highest BCUT2D eigenvalue weighted by molar-refractivity contribution is 5.87. The molecule has 110 valence electrons. The minimum absolute atomic E-state index is 0.171. The Morgan fingerprint density at radius 1 is 1.19 bits per heavy atom. The van der Waals surface area contributed by atoms with Crippen LogP contribution in [0.5, 0.6) is 11.5 Å². The second kappa shape index (κ2) is 6.60. The van der Waals surface area contributed by atoms with E-state index in [2.05, 4.69) is 10.3 Å². The van der Waals surface area contributed by atoms with Crippen LogP contribution in [-0.4, -0.2) is 30.3 Å². The van der Waals surface area contributed by atoms with Crippen LogP contribution in [0.3, 0.4) is 0 Å². The smallest absolute Gasteiger partial charge is 0.337 e. The number of carbonyl (C=O) groups is 1. The molecule has 0 saturated carbocycles. The molecule has 2 rings (SSSR count). The summed E-state index contributed by atoms with van der Waals surface area (Å²) in [5.74, 6) is 0.311. The van der Waals surface area contributed by atoms with E-state index in [1.807, 2.05) is 18.2 Å². The summed E-state index contributed by atoms with van der Waals surface area (Å²) in [7, 11) is 3.16. The molecule has 1 aromatic heterocycles. The van der Waals surface area contributed by atoms with Crippen molar-refractivity contribution >= 4 is 11.7 Å². The van der Waals surface area contributed by atoms with Gasteiger partial charge in [-0.2, -0.15) is 0 Å². The lowest BCUT2D eigenvalue weighted by Crippen LogP contribution is -2.04. The third-order valence-corrected chi connectivity index (χ3v) is 2.93. The van der Waals surface area contributed by atoms with E-state index in [4.69, 9.17) is 14.6 Å². The number of benzene rings is 1. The number of hydrogen-bond donors (Lipinski definition) is 2. The number of rotatable bonds is 6. The Labute approximate surface area is 122 Å². The zero-order valence-electron chi connectivity index (χ0n) is 11.8. The lowest BCUT2D eigenvalue weighted by Gasteiger charge is -2.11. The van der Waals surface area contributed by atoms with Crippen molar-refractivity contribution in [2.75, 3.05) is 19.5 Å². The van der Waals surface area contributed by atoms with Gasteiger partial charge in [0.1, 0.15) is 0 Å². The van der Waals surface area contributed by atoms with Crippen molar-refractivity contribution < 1.29 is 19.4 Å². The summed E-state index contributed by atoms with van der Waals surface area (Å²) in [6, 6.07) is 8.71. The maximum Gasteiger partial charge on any atom is 0.337 e. The third-order valence-electron chi connectivity index (χ3n) is 2.93. The molecular weight excluding hydrogens is 272 g/mol. The predicted molar refractivity (Wildman–Crippen MR) is 78.1 cm³/mol. The fourth-order valence-corrected chi connectivity index (χ4v) is 1.79. The number of aromatic carboxylic acids is 1. The largest absolute Gasteiger partial charge is 0.493 e. The molecule has 21 heavy (non-hydrogen) atoms. The normalized spacial score (nSPS) is 10.0. The predicted octanol–water partition coefficient (Wildman–Crippen LogP) is 2.41.